The number of aromatic nitrogens is 2. The molecular formula is C8H9BrN4O2. The zero-order chi connectivity index (χ0) is 11.4. The fourth-order valence-corrected chi connectivity index (χ4v) is 1.74. The molecule has 7 heteroatoms. The predicted octanol–water partition coefficient (Wildman–Crippen LogP) is 2.16. The van der Waals surface area contributed by atoms with Crippen LogP contribution in [0.1, 0.15) is 23.9 Å². The van der Waals surface area contributed by atoms with Gasteiger partial charge in [0.15, 0.2) is 0 Å². The topological polar surface area (TPSA) is 84.8 Å². The molecule has 6 nitrogen and oxygen atoms in total. The first-order valence-corrected chi connectivity index (χ1v) is 5.20. The van der Waals surface area contributed by atoms with E-state index in [2.05, 4.69) is 20.9 Å². The Morgan fingerprint density at radius 1 is 1.87 bits per heavy atom. The van der Waals surface area contributed by atoms with Gasteiger partial charge in [0, 0.05) is 6.54 Å². The molecule has 0 saturated carbocycles. The van der Waals surface area contributed by atoms with E-state index in [1.165, 1.54) is 6.33 Å². The van der Waals surface area contributed by atoms with Crippen LogP contribution in [-0.2, 0) is 6.54 Å². The van der Waals surface area contributed by atoms with Crippen molar-refractivity contribution in [2.45, 2.75) is 24.7 Å². The second-order valence-corrected chi connectivity index (χ2v) is 4.30. The lowest BCUT2D eigenvalue weighted by atomic mass is 10.3. The van der Waals surface area contributed by atoms with Gasteiger partial charge >= 0.3 is 5.82 Å². The van der Waals surface area contributed by atoms with Crippen LogP contribution in [0, 0.1) is 21.4 Å². The van der Waals surface area contributed by atoms with Crippen LogP contribution in [-0.4, -0.2) is 14.5 Å². The number of hydrogen-bond acceptors (Lipinski definition) is 4. The summed E-state index contributed by atoms with van der Waals surface area (Å²) in [5.41, 5.74) is 0.496. The van der Waals surface area contributed by atoms with Crippen LogP contribution in [0.25, 0.3) is 0 Å². The summed E-state index contributed by atoms with van der Waals surface area (Å²) in [6, 6.07) is 1.99. The van der Waals surface area contributed by atoms with Gasteiger partial charge in [-0.3, -0.25) is 0 Å². The van der Waals surface area contributed by atoms with E-state index in [4.69, 9.17) is 5.26 Å². The number of nitrogens with zero attached hydrogens (tertiary/aromatic N) is 4. The Balaban J connectivity index is 3.07. The van der Waals surface area contributed by atoms with Gasteiger partial charge in [0.05, 0.1) is 17.3 Å². The summed E-state index contributed by atoms with van der Waals surface area (Å²) in [5.74, 6) is -0.155. The van der Waals surface area contributed by atoms with E-state index >= 15 is 0 Å². The van der Waals surface area contributed by atoms with E-state index < -0.39 is 4.92 Å². The first-order valence-electron chi connectivity index (χ1n) is 4.28. The average molecular weight is 273 g/mol. The maximum absolute atomic E-state index is 10.7. The second-order valence-electron chi connectivity index (χ2n) is 2.93. The van der Waals surface area contributed by atoms with Crippen LogP contribution in [0.2, 0.25) is 0 Å². The Hall–Kier alpha value is -1.42. The number of halogens is 1. The van der Waals surface area contributed by atoms with E-state index in [0.29, 0.717) is 18.7 Å². The lowest BCUT2D eigenvalue weighted by Gasteiger charge is -2.06. The van der Waals surface area contributed by atoms with E-state index in [0.717, 1.165) is 0 Å². The summed E-state index contributed by atoms with van der Waals surface area (Å²) in [5, 5.41) is 19.1. The Kier molecular flexibility index (Phi) is 3.80. The van der Waals surface area contributed by atoms with E-state index in [1.807, 2.05) is 6.07 Å². The fraction of sp³-hybridized carbons (Fsp3) is 0.500. The zero-order valence-corrected chi connectivity index (χ0v) is 9.64. The molecule has 0 spiro atoms. The number of nitriles is 1. The van der Waals surface area contributed by atoms with Gasteiger partial charge in [0.1, 0.15) is 5.69 Å². The minimum Gasteiger partial charge on any atom is -0.358 e. The third kappa shape index (κ3) is 2.53. The van der Waals surface area contributed by atoms with Crippen molar-refractivity contribution in [3.05, 3.63) is 22.1 Å². The molecule has 0 radical (unpaired) electrons. The molecule has 0 N–H and O–H groups in total. The molecule has 1 atom stereocenters. The zero-order valence-electron chi connectivity index (χ0n) is 8.05. The summed E-state index contributed by atoms with van der Waals surface area (Å²) in [7, 11) is 0. The quantitative estimate of drug-likeness (QED) is 0.478. The van der Waals surface area contributed by atoms with E-state index in [-0.39, 0.29) is 10.6 Å². The van der Waals surface area contributed by atoms with Crippen molar-refractivity contribution in [2.75, 3.05) is 0 Å². The number of alkyl halides is 1. The molecule has 0 saturated heterocycles. The second kappa shape index (κ2) is 4.89. The molecule has 1 aromatic rings. The number of aryl methyl sites for hydroxylation is 1. The van der Waals surface area contributed by atoms with Crippen LogP contribution < -0.4 is 0 Å². The number of hydrogen-bond donors (Lipinski definition) is 0. The van der Waals surface area contributed by atoms with Gasteiger partial charge in [0.25, 0.3) is 0 Å². The average Bonchev–Trinajstić information content (AvgIpc) is 2.58. The van der Waals surface area contributed by atoms with E-state index in [9.17, 15) is 10.1 Å². The minimum atomic E-state index is -0.518. The summed E-state index contributed by atoms with van der Waals surface area (Å²) in [6.07, 6.45) is 1.70. The van der Waals surface area contributed by atoms with Gasteiger partial charge in [-0.1, -0.05) is 15.9 Å². The standard InChI is InChI=1S/C8H9BrN4O2/c1-6(9)7-8(13(14)15)11-5-12(7)4-2-3-10/h5-6H,2,4H2,1H3. The molecule has 0 amide bonds. The van der Waals surface area contributed by atoms with Gasteiger partial charge in [-0.2, -0.15) is 5.26 Å². The molecule has 0 aliphatic rings. The SMILES string of the molecule is CC(Br)c1c([N+](=O)[O-])ncn1CCC#N. The molecule has 15 heavy (non-hydrogen) atoms. The molecule has 0 aliphatic heterocycles. The molecular weight excluding hydrogens is 264 g/mol. The van der Waals surface area contributed by atoms with E-state index in [1.54, 1.807) is 11.5 Å². The lowest BCUT2D eigenvalue weighted by molar-refractivity contribution is -0.390. The fourth-order valence-electron chi connectivity index (χ4n) is 1.28. The summed E-state index contributed by atoms with van der Waals surface area (Å²) in [4.78, 5) is 13.7. The van der Waals surface area contributed by atoms with Gasteiger partial charge in [-0.25, -0.2) is 0 Å². The summed E-state index contributed by atoms with van der Waals surface area (Å²) >= 11 is 3.28. The van der Waals surface area contributed by atoms with Crippen LogP contribution in [0.15, 0.2) is 6.33 Å². The third-order valence-corrected chi connectivity index (χ3v) is 2.31. The third-order valence-electron chi connectivity index (χ3n) is 1.87. The normalized spacial score (nSPS) is 12.1. The molecule has 0 aliphatic carbocycles. The largest absolute Gasteiger partial charge is 0.385 e. The van der Waals surface area contributed by atoms with Gasteiger partial charge in [-0.15, -0.1) is 0 Å². The first-order chi connectivity index (χ1) is 7.07. The summed E-state index contributed by atoms with van der Waals surface area (Å²) in [6.45, 7) is 2.20. The van der Waals surface area contributed by atoms with Gasteiger partial charge < -0.3 is 14.7 Å². The first kappa shape index (κ1) is 11.7. The maximum Gasteiger partial charge on any atom is 0.385 e. The van der Waals surface area contributed by atoms with Crippen molar-refractivity contribution >= 4 is 21.7 Å². The molecule has 80 valence electrons. The lowest BCUT2D eigenvalue weighted by Crippen LogP contribution is -2.04. The smallest absolute Gasteiger partial charge is 0.358 e. The van der Waals surface area contributed by atoms with Gasteiger partial charge in [0.2, 0.25) is 6.33 Å². The molecule has 0 fully saturated rings. The van der Waals surface area contributed by atoms with Crippen molar-refractivity contribution in [3.8, 4) is 6.07 Å². The Bertz CT molecular complexity index is 407. The van der Waals surface area contributed by atoms with Gasteiger partial charge in [-0.05, 0) is 16.8 Å². The molecule has 1 rings (SSSR count). The Morgan fingerprint density at radius 2 is 2.53 bits per heavy atom. The maximum atomic E-state index is 10.7. The van der Waals surface area contributed by atoms with Crippen molar-refractivity contribution in [2.24, 2.45) is 0 Å². The Morgan fingerprint density at radius 3 is 3.00 bits per heavy atom. The van der Waals surface area contributed by atoms with Crippen molar-refractivity contribution in [1.82, 2.24) is 9.55 Å². The minimum absolute atomic E-state index is 0.155. The number of rotatable bonds is 4. The highest BCUT2D eigenvalue weighted by Crippen LogP contribution is 2.29. The Labute approximate surface area is 94.8 Å². The molecule has 0 aromatic carbocycles. The highest BCUT2D eigenvalue weighted by Gasteiger charge is 2.24. The molecule has 1 aromatic heterocycles. The van der Waals surface area contributed by atoms with Crippen LogP contribution in [0.5, 0.6) is 0 Å². The number of nitro groups is 1. The monoisotopic (exact) mass is 272 g/mol. The summed E-state index contributed by atoms with van der Waals surface area (Å²) < 4.78 is 1.63. The highest BCUT2D eigenvalue weighted by atomic mass is 79.9. The number of imidazole rings is 1. The predicted molar refractivity (Wildman–Crippen MR) is 56.5 cm³/mol. The van der Waals surface area contributed by atoms with Crippen molar-refractivity contribution in [1.29, 1.82) is 5.26 Å². The molecule has 0 bridgehead atoms. The van der Waals surface area contributed by atoms with Crippen molar-refractivity contribution < 1.29 is 4.92 Å². The highest BCUT2D eigenvalue weighted by molar-refractivity contribution is 9.09. The molecule has 1 unspecified atom stereocenters. The van der Waals surface area contributed by atoms with Crippen LogP contribution in [0.4, 0.5) is 5.82 Å². The van der Waals surface area contributed by atoms with Crippen LogP contribution >= 0.6 is 15.9 Å². The van der Waals surface area contributed by atoms with Crippen molar-refractivity contribution in [3.63, 3.8) is 0 Å². The molecule has 1 heterocycles. The van der Waals surface area contributed by atoms with Crippen LogP contribution in [0.3, 0.4) is 0 Å².